The predicted octanol–water partition coefficient (Wildman–Crippen LogP) is 3.75. The van der Waals surface area contributed by atoms with Crippen LogP contribution in [0, 0.1) is 0 Å². The topological polar surface area (TPSA) is 46.6 Å². The maximum atomic E-state index is 11.8. The van der Waals surface area contributed by atoms with Crippen molar-refractivity contribution in [3.8, 4) is 0 Å². The van der Waals surface area contributed by atoms with Crippen LogP contribution in [0.25, 0.3) is 0 Å². The molecule has 0 aromatic heterocycles. The van der Waals surface area contributed by atoms with Crippen LogP contribution in [0.4, 0.5) is 0 Å². The zero-order chi connectivity index (χ0) is 16.6. The molecule has 128 valence electrons. The van der Waals surface area contributed by atoms with E-state index in [2.05, 4.69) is 20.4 Å². The van der Waals surface area contributed by atoms with Crippen molar-refractivity contribution < 1.29 is 14.3 Å². The van der Waals surface area contributed by atoms with Crippen molar-refractivity contribution in [2.75, 3.05) is 26.3 Å². The summed E-state index contributed by atoms with van der Waals surface area (Å²) in [6, 6.07) is 0. The lowest BCUT2D eigenvalue weighted by Gasteiger charge is -2.20. The largest absolute Gasteiger partial charge is 0.374 e. The zero-order valence-corrected chi connectivity index (χ0v) is 14.4. The second-order valence-electron chi connectivity index (χ2n) is 5.64. The van der Waals surface area contributed by atoms with Crippen LogP contribution in [0.15, 0.2) is 12.7 Å². The zero-order valence-electron chi connectivity index (χ0n) is 14.4. The molecule has 0 fully saturated rings. The Balaban J connectivity index is 3.75. The second-order valence-corrected chi connectivity index (χ2v) is 5.64. The summed E-state index contributed by atoms with van der Waals surface area (Å²) in [5.74, 6) is -0.0370. The van der Waals surface area contributed by atoms with Crippen LogP contribution in [-0.2, 0) is 14.3 Å². The summed E-state index contributed by atoms with van der Waals surface area (Å²) in [6.45, 7) is 9.74. The van der Waals surface area contributed by atoms with E-state index in [4.69, 9.17) is 4.74 Å². The summed E-state index contributed by atoms with van der Waals surface area (Å²) in [6.07, 6.45) is 9.57. The summed E-state index contributed by atoms with van der Waals surface area (Å²) < 4.78 is 5.40. The molecule has 0 aromatic rings. The molecule has 0 spiro atoms. The van der Waals surface area contributed by atoms with E-state index < -0.39 is 0 Å². The first-order valence-electron chi connectivity index (χ1n) is 8.66. The Morgan fingerprint density at radius 1 is 1.00 bits per heavy atom. The summed E-state index contributed by atoms with van der Waals surface area (Å²) in [5.41, 5.74) is 0. The van der Waals surface area contributed by atoms with Crippen LogP contribution < -0.4 is 0 Å². The van der Waals surface area contributed by atoms with Crippen molar-refractivity contribution >= 4 is 11.7 Å². The molecule has 0 heterocycles. The van der Waals surface area contributed by atoms with Crippen molar-refractivity contribution in [2.24, 2.45) is 0 Å². The van der Waals surface area contributed by atoms with Gasteiger partial charge in [0.15, 0.2) is 5.78 Å². The summed E-state index contributed by atoms with van der Waals surface area (Å²) in [5, 5.41) is 0. The van der Waals surface area contributed by atoms with E-state index in [1.54, 1.807) is 4.90 Å². The van der Waals surface area contributed by atoms with Gasteiger partial charge >= 0.3 is 0 Å². The normalized spacial score (nSPS) is 10.5. The van der Waals surface area contributed by atoms with Gasteiger partial charge in [-0.15, -0.1) is 0 Å². The lowest BCUT2D eigenvalue weighted by Crippen LogP contribution is -2.33. The van der Waals surface area contributed by atoms with Crippen molar-refractivity contribution in [3.05, 3.63) is 12.7 Å². The number of amides is 1. The molecule has 4 heteroatoms. The molecule has 0 atom stereocenters. The molecule has 0 N–H and O–H groups in total. The fourth-order valence-electron chi connectivity index (χ4n) is 2.14. The highest BCUT2D eigenvalue weighted by molar-refractivity contribution is 5.87. The summed E-state index contributed by atoms with van der Waals surface area (Å²) in [4.78, 5) is 25.2. The quantitative estimate of drug-likeness (QED) is 0.342. The third-order valence-electron chi connectivity index (χ3n) is 3.58. The van der Waals surface area contributed by atoms with E-state index >= 15 is 0 Å². The third kappa shape index (κ3) is 11.5. The molecule has 4 nitrogen and oxygen atoms in total. The highest BCUT2D eigenvalue weighted by atomic mass is 16.5. The number of carbonyl (C=O) groups excluding carboxylic acids is 2. The molecular weight excluding hydrogens is 278 g/mol. The number of hydrogen-bond donors (Lipinski definition) is 0. The average Bonchev–Trinajstić information content (AvgIpc) is 2.53. The summed E-state index contributed by atoms with van der Waals surface area (Å²) >= 11 is 0. The molecule has 0 aliphatic heterocycles. The molecule has 0 saturated heterocycles. The van der Waals surface area contributed by atoms with Gasteiger partial charge in [0.2, 0.25) is 5.91 Å². The van der Waals surface area contributed by atoms with Crippen LogP contribution in [-0.4, -0.2) is 42.9 Å². The van der Waals surface area contributed by atoms with Gasteiger partial charge in [-0.25, -0.2) is 0 Å². The number of hydrogen-bond acceptors (Lipinski definition) is 3. The van der Waals surface area contributed by atoms with Gasteiger partial charge in [0, 0.05) is 26.1 Å². The van der Waals surface area contributed by atoms with Crippen LogP contribution >= 0.6 is 0 Å². The lowest BCUT2D eigenvalue weighted by atomic mass is 10.2. The first kappa shape index (κ1) is 20.8. The molecule has 0 saturated carbocycles. The monoisotopic (exact) mass is 311 g/mol. The number of ether oxygens (including phenoxy) is 1. The van der Waals surface area contributed by atoms with Crippen molar-refractivity contribution in [1.82, 2.24) is 4.90 Å². The van der Waals surface area contributed by atoms with Gasteiger partial charge in [0.05, 0.1) is 0 Å². The molecular formula is C18H33NO3. The molecule has 0 radical (unpaired) electrons. The van der Waals surface area contributed by atoms with Gasteiger partial charge in [0.1, 0.15) is 6.61 Å². The van der Waals surface area contributed by atoms with Crippen molar-refractivity contribution in [3.63, 3.8) is 0 Å². The Kier molecular flexibility index (Phi) is 14.0. The number of ketones is 1. The lowest BCUT2D eigenvalue weighted by molar-refractivity contribution is -0.128. The maximum absolute atomic E-state index is 11.8. The number of Topliss-reactive ketones (excluding diaryl/α,β-unsaturated/α-hetero) is 1. The Bertz CT molecular complexity index is 315. The van der Waals surface area contributed by atoms with Crippen LogP contribution in [0.5, 0.6) is 0 Å². The Morgan fingerprint density at radius 2 is 1.68 bits per heavy atom. The Morgan fingerprint density at radius 3 is 2.32 bits per heavy atom. The van der Waals surface area contributed by atoms with Crippen molar-refractivity contribution in [1.29, 1.82) is 0 Å². The van der Waals surface area contributed by atoms with E-state index in [9.17, 15) is 9.59 Å². The summed E-state index contributed by atoms with van der Waals surface area (Å²) in [7, 11) is 0. The highest BCUT2D eigenvalue weighted by Crippen LogP contribution is 2.03. The minimum atomic E-state index is -0.0990. The van der Waals surface area contributed by atoms with E-state index in [1.165, 1.54) is 31.8 Å². The van der Waals surface area contributed by atoms with E-state index in [0.29, 0.717) is 26.1 Å². The van der Waals surface area contributed by atoms with E-state index in [0.717, 1.165) is 19.3 Å². The van der Waals surface area contributed by atoms with Gasteiger partial charge in [-0.1, -0.05) is 52.5 Å². The van der Waals surface area contributed by atoms with Gasteiger partial charge < -0.3 is 9.64 Å². The van der Waals surface area contributed by atoms with Crippen LogP contribution in [0.3, 0.4) is 0 Å². The van der Waals surface area contributed by atoms with Crippen LogP contribution in [0.1, 0.15) is 65.2 Å². The third-order valence-corrected chi connectivity index (χ3v) is 3.58. The van der Waals surface area contributed by atoms with Crippen molar-refractivity contribution in [2.45, 2.75) is 65.2 Å². The van der Waals surface area contributed by atoms with E-state index in [-0.39, 0.29) is 18.3 Å². The maximum Gasteiger partial charge on any atom is 0.245 e. The molecule has 0 aliphatic carbocycles. The second kappa shape index (κ2) is 14.8. The number of carbonyl (C=O) groups is 2. The standard InChI is InChI=1S/C18H33NO3/c1-4-7-9-10-11-15-22-16-17(20)12-14-19(13-8-5-2)18(21)6-3/h6H,3-5,7-16H2,1-2H3. The first-order valence-corrected chi connectivity index (χ1v) is 8.66. The number of unbranched alkanes of at least 4 members (excludes halogenated alkanes) is 5. The fraction of sp³-hybridized carbons (Fsp3) is 0.778. The van der Waals surface area contributed by atoms with Gasteiger partial charge in [-0.2, -0.15) is 0 Å². The average molecular weight is 311 g/mol. The molecule has 0 unspecified atom stereocenters. The minimum Gasteiger partial charge on any atom is -0.374 e. The first-order chi connectivity index (χ1) is 10.7. The molecule has 0 bridgehead atoms. The SMILES string of the molecule is C=CC(=O)N(CCCC)CCC(=O)COCCCCCCC. The molecule has 0 aliphatic rings. The molecule has 0 rings (SSSR count). The van der Waals surface area contributed by atoms with Gasteiger partial charge in [-0.3, -0.25) is 9.59 Å². The minimum absolute atomic E-state index is 0.0620. The number of rotatable bonds is 15. The van der Waals surface area contributed by atoms with Crippen LogP contribution in [0.2, 0.25) is 0 Å². The molecule has 0 aromatic carbocycles. The smallest absolute Gasteiger partial charge is 0.245 e. The highest BCUT2D eigenvalue weighted by Gasteiger charge is 2.11. The van der Waals surface area contributed by atoms with E-state index in [1.807, 2.05) is 0 Å². The van der Waals surface area contributed by atoms with Gasteiger partial charge in [0.25, 0.3) is 0 Å². The fourth-order valence-corrected chi connectivity index (χ4v) is 2.14. The van der Waals surface area contributed by atoms with Gasteiger partial charge in [-0.05, 0) is 18.9 Å². The molecule has 22 heavy (non-hydrogen) atoms. The Labute approximate surface area is 135 Å². The molecule has 1 amide bonds. The Hall–Kier alpha value is -1.16. The number of nitrogens with zero attached hydrogens (tertiary/aromatic N) is 1. The predicted molar refractivity (Wildman–Crippen MR) is 90.9 cm³/mol.